The molecule has 8 heteroatoms. The Morgan fingerprint density at radius 1 is 1.25 bits per heavy atom. The van der Waals surface area contributed by atoms with Crippen molar-refractivity contribution in [1.29, 1.82) is 0 Å². The van der Waals surface area contributed by atoms with E-state index >= 15 is 0 Å². The van der Waals surface area contributed by atoms with E-state index in [2.05, 4.69) is 20.4 Å². The van der Waals surface area contributed by atoms with Crippen molar-refractivity contribution in [1.82, 2.24) is 24.6 Å². The summed E-state index contributed by atoms with van der Waals surface area (Å²) in [5.41, 5.74) is 2.58. The summed E-state index contributed by atoms with van der Waals surface area (Å²) in [5.74, 6) is 0. The lowest BCUT2D eigenvalue weighted by molar-refractivity contribution is 0.0819. The molecular weight excluding hydrogens is 356 g/mol. The second kappa shape index (κ2) is 8.62. The number of anilines is 1. The first-order chi connectivity index (χ1) is 13.8. The molecule has 1 saturated heterocycles. The Bertz CT molecular complexity index is 877. The Kier molecular flexibility index (Phi) is 5.58. The highest BCUT2D eigenvalue weighted by Crippen LogP contribution is 2.17. The molecule has 1 fully saturated rings. The van der Waals surface area contributed by atoms with Gasteiger partial charge in [0, 0.05) is 37.8 Å². The molecule has 3 aromatic rings. The molecule has 0 bridgehead atoms. The van der Waals surface area contributed by atoms with Crippen LogP contribution < -0.4 is 5.32 Å². The van der Waals surface area contributed by atoms with E-state index in [0.29, 0.717) is 13.1 Å². The van der Waals surface area contributed by atoms with E-state index in [9.17, 15) is 4.79 Å². The fourth-order valence-corrected chi connectivity index (χ4v) is 3.21. The van der Waals surface area contributed by atoms with Crippen LogP contribution in [0.4, 0.5) is 10.5 Å². The van der Waals surface area contributed by atoms with Crippen LogP contribution in [0.2, 0.25) is 0 Å². The maximum Gasteiger partial charge on any atom is 0.322 e. The molecule has 28 heavy (non-hydrogen) atoms. The van der Waals surface area contributed by atoms with Gasteiger partial charge in [0.2, 0.25) is 0 Å². The molecular formula is C20H22N6O2. The summed E-state index contributed by atoms with van der Waals surface area (Å²) in [6.45, 7) is 1.80. The number of nitrogens with one attached hydrogen (secondary N) is 1. The van der Waals surface area contributed by atoms with Crippen molar-refractivity contribution < 1.29 is 9.53 Å². The van der Waals surface area contributed by atoms with E-state index in [4.69, 9.17) is 4.74 Å². The number of benzene rings is 1. The fourth-order valence-electron chi connectivity index (χ4n) is 3.21. The number of amides is 2. The highest BCUT2D eigenvalue weighted by molar-refractivity contribution is 5.89. The van der Waals surface area contributed by atoms with Crippen LogP contribution in [0.5, 0.6) is 0 Å². The average molecular weight is 378 g/mol. The number of rotatable bonds is 6. The number of urea groups is 1. The highest BCUT2D eigenvalue weighted by atomic mass is 16.5. The van der Waals surface area contributed by atoms with E-state index in [1.54, 1.807) is 28.3 Å². The summed E-state index contributed by atoms with van der Waals surface area (Å²) in [7, 11) is 0. The summed E-state index contributed by atoms with van der Waals surface area (Å²) in [4.78, 5) is 22.8. The largest absolute Gasteiger partial charge is 0.376 e. The minimum Gasteiger partial charge on any atom is -0.376 e. The van der Waals surface area contributed by atoms with Crippen molar-refractivity contribution in [2.24, 2.45) is 0 Å². The van der Waals surface area contributed by atoms with Gasteiger partial charge < -0.3 is 15.0 Å². The third-order valence-corrected chi connectivity index (χ3v) is 4.63. The maximum atomic E-state index is 12.9. The van der Waals surface area contributed by atoms with Crippen LogP contribution in [0.3, 0.4) is 0 Å². The fraction of sp³-hybridized carbons (Fsp3) is 0.300. The zero-order valence-electron chi connectivity index (χ0n) is 15.4. The van der Waals surface area contributed by atoms with E-state index in [1.165, 1.54) is 6.33 Å². The molecule has 1 aliphatic heterocycles. The monoisotopic (exact) mass is 378 g/mol. The first-order valence-electron chi connectivity index (χ1n) is 9.29. The van der Waals surface area contributed by atoms with Gasteiger partial charge in [-0.2, -0.15) is 5.10 Å². The number of hydrogen-bond donors (Lipinski definition) is 1. The molecule has 0 radical (unpaired) electrons. The van der Waals surface area contributed by atoms with Gasteiger partial charge >= 0.3 is 6.03 Å². The number of aromatic nitrogens is 4. The summed E-state index contributed by atoms with van der Waals surface area (Å²) < 4.78 is 7.39. The third-order valence-electron chi connectivity index (χ3n) is 4.63. The molecule has 2 amide bonds. The molecule has 0 aliphatic carbocycles. The smallest absolute Gasteiger partial charge is 0.322 e. The van der Waals surface area contributed by atoms with Gasteiger partial charge in [-0.15, -0.1) is 0 Å². The first-order valence-corrected chi connectivity index (χ1v) is 9.29. The molecule has 1 aliphatic rings. The van der Waals surface area contributed by atoms with Crippen LogP contribution in [0.25, 0.3) is 5.69 Å². The van der Waals surface area contributed by atoms with Gasteiger partial charge in [-0.3, -0.25) is 4.98 Å². The van der Waals surface area contributed by atoms with Crippen LogP contribution in [0.1, 0.15) is 18.4 Å². The summed E-state index contributed by atoms with van der Waals surface area (Å²) >= 11 is 0. The lowest BCUT2D eigenvalue weighted by atomic mass is 10.2. The Labute approximate surface area is 163 Å². The Morgan fingerprint density at radius 3 is 2.82 bits per heavy atom. The van der Waals surface area contributed by atoms with Crippen molar-refractivity contribution >= 4 is 11.7 Å². The molecule has 144 valence electrons. The number of ether oxygens (including phenoxy) is 1. The molecule has 8 nitrogen and oxygen atoms in total. The molecule has 4 rings (SSSR count). The van der Waals surface area contributed by atoms with Crippen LogP contribution in [0, 0.1) is 0 Å². The molecule has 2 aromatic heterocycles. The Hall–Kier alpha value is -3.26. The second-order valence-electron chi connectivity index (χ2n) is 6.69. The van der Waals surface area contributed by atoms with Gasteiger partial charge in [0.15, 0.2) is 0 Å². The number of pyridine rings is 1. The minimum absolute atomic E-state index is 0.0807. The van der Waals surface area contributed by atoms with Crippen LogP contribution in [-0.2, 0) is 11.3 Å². The number of nitrogens with zero attached hydrogens (tertiary/aromatic N) is 5. The van der Waals surface area contributed by atoms with E-state index in [0.717, 1.165) is 36.4 Å². The normalized spacial score (nSPS) is 16.1. The van der Waals surface area contributed by atoms with Gasteiger partial charge in [0.1, 0.15) is 12.7 Å². The zero-order valence-corrected chi connectivity index (χ0v) is 15.4. The molecule has 0 spiro atoms. The Balaban J connectivity index is 1.44. The highest BCUT2D eigenvalue weighted by Gasteiger charge is 2.23. The Morgan fingerprint density at radius 2 is 2.14 bits per heavy atom. The van der Waals surface area contributed by atoms with Crippen LogP contribution in [-0.4, -0.2) is 49.9 Å². The molecule has 0 saturated carbocycles. The standard InChI is InChI=1S/C20H22N6O2/c27-20(24-17-5-7-18(8-6-17)26-15-22-14-23-26)25(13-19-4-2-10-28-19)12-16-3-1-9-21-11-16/h1,3,5-9,11,14-15,19H,2,4,10,12-13H2,(H,24,27)/t19-/m0/s1. The minimum atomic E-state index is -0.159. The van der Waals surface area contributed by atoms with Gasteiger partial charge in [0.25, 0.3) is 0 Å². The van der Waals surface area contributed by atoms with Gasteiger partial charge in [-0.05, 0) is 48.7 Å². The van der Waals surface area contributed by atoms with Crippen molar-refractivity contribution in [2.45, 2.75) is 25.5 Å². The summed E-state index contributed by atoms with van der Waals surface area (Å²) in [6, 6.07) is 11.2. The van der Waals surface area contributed by atoms with E-state index < -0.39 is 0 Å². The van der Waals surface area contributed by atoms with Gasteiger partial charge in [0.05, 0.1) is 11.8 Å². The van der Waals surface area contributed by atoms with Crippen molar-refractivity contribution in [2.75, 3.05) is 18.5 Å². The molecule has 1 atom stereocenters. The number of carbonyl (C=O) groups excluding carboxylic acids is 1. The topological polar surface area (TPSA) is 85.2 Å². The van der Waals surface area contributed by atoms with Crippen molar-refractivity contribution in [3.63, 3.8) is 0 Å². The third kappa shape index (κ3) is 4.52. The quantitative estimate of drug-likeness (QED) is 0.713. The lowest BCUT2D eigenvalue weighted by Crippen LogP contribution is -2.39. The average Bonchev–Trinajstić information content (AvgIpc) is 3.43. The predicted molar refractivity (Wildman–Crippen MR) is 104 cm³/mol. The van der Waals surface area contributed by atoms with E-state index in [-0.39, 0.29) is 12.1 Å². The molecule has 1 aromatic carbocycles. The second-order valence-corrected chi connectivity index (χ2v) is 6.69. The molecule has 0 unspecified atom stereocenters. The van der Waals surface area contributed by atoms with Crippen molar-refractivity contribution in [3.8, 4) is 5.69 Å². The zero-order chi connectivity index (χ0) is 19.2. The van der Waals surface area contributed by atoms with E-state index in [1.807, 2.05) is 36.4 Å². The molecule has 3 heterocycles. The SMILES string of the molecule is O=C(Nc1ccc(-n2cncn2)cc1)N(Cc1cccnc1)C[C@@H]1CCCO1. The van der Waals surface area contributed by atoms with Crippen LogP contribution >= 0.6 is 0 Å². The maximum absolute atomic E-state index is 12.9. The van der Waals surface area contributed by atoms with Gasteiger partial charge in [-0.25, -0.2) is 14.5 Å². The van der Waals surface area contributed by atoms with Gasteiger partial charge in [-0.1, -0.05) is 6.07 Å². The number of hydrogen-bond acceptors (Lipinski definition) is 5. The summed E-state index contributed by atoms with van der Waals surface area (Å²) in [5, 5.41) is 7.07. The van der Waals surface area contributed by atoms with Crippen molar-refractivity contribution in [3.05, 3.63) is 67.0 Å². The first kappa shape index (κ1) is 18.1. The summed E-state index contributed by atoms with van der Waals surface area (Å²) in [6.07, 6.45) is 8.72. The lowest BCUT2D eigenvalue weighted by Gasteiger charge is -2.26. The molecule has 1 N–H and O–H groups in total. The van der Waals surface area contributed by atoms with Crippen LogP contribution in [0.15, 0.2) is 61.4 Å². The predicted octanol–water partition coefficient (Wildman–Crippen LogP) is 2.88. The number of carbonyl (C=O) groups is 1.